The van der Waals surface area contributed by atoms with Crippen molar-refractivity contribution in [3.8, 4) is 10.6 Å². The highest BCUT2D eigenvalue weighted by atomic mass is 79.9. The molecule has 2 N–H and O–H groups in total. The van der Waals surface area contributed by atoms with Crippen LogP contribution in [0.25, 0.3) is 10.6 Å². The molecule has 0 saturated heterocycles. The molecular weight excluding hydrogens is 250 g/mol. The van der Waals surface area contributed by atoms with Crippen LogP contribution in [0.2, 0.25) is 0 Å². The van der Waals surface area contributed by atoms with Crippen molar-refractivity contribution < 1.29 is 0 Å². The van der Waals surface area contributed by atoms with Crippen molar-refractivity contribution >= 4 is 33.1 Å². The van der Waals surface area contributed by atoms with Crippen LogP contribution in [0.3, 0.4) is 0 Å². The Morgan fingerprint density at radius 3 is 2.92 bits per heavy atom. The van der Waals surface area contributed by atoms with Crippen molar-refractivity contribution in [2.24, 2.45) is 0 Å². The summed E-state index contributed by atoms with van der Waals surface area (Å²) in [6.45, 7) is 0. The fourth-order valence-electron chi connectivity index (χ4n) is 0.954. The number of nitrogens with two attached hydrogens (primary N) is 1. The fraction of sp³-hybridized carbons (Fsp3) is 0. The molecule has 0 aliphatic carbocycles. The van der Waals surface area contributed by atoms with Gasteiger partial charge in [0, 0.05) is 17.1 Å². The quantitative estimate of drug-likeness (QED) is 0.797. The van der Waals surface area contributed by atoms with Gasteiger partial charge in [0.1, 0.15) is 15.4 Å². The van der Waals surface area contributed by atoms with Gasteiger partial charge in [0.05, 0.1) is 0 Å². The first kappa shape index (κ1) is 8.65. The second-order valence-electron chi connectivity index (χ2n) is 2.44. The van der Waals surface area contributed by atoms with Crippen LogP contribution in [0.1, 0.15) is 0 Å². The molecule has 66 valence electrons. The van der Waals surface area contributed by atoms with E-state index in [-0.39, 0.29) is 0 Å². The maximum Gasteiger partial charge on any atom is 0.135 e. The number of halogens is 1. The van der Waals surface area contributed by atoms with Crippen molar-refractivity contribution in [2.45, 2.75) is 0 Å². The Morgan fingerprint density at radius 2 is 2.31 bits per heavy atom. The van der Waals surface area contributed by atoms with Crippen molar-refractivity contribution in [3.63, 3.8) is 0 Å². The van der Waals surface area contributed by atoms with Crippen LogP contribution in [0.5, 0.6) is 0 Å². The molecule has 0 saturated carbocycles. The third-order valence-electron chi connectivity index (χ3n) is 1.50. The summed E-state index contributed by atoms with van der Waals surface area (Å²) in [4.78, 5) is 8.20. The van der Waals surface area contributed by atoms with E-state index in [4.69, 9.17) is 5.73 Å². The molecule has 0 aliphatic heterocycles. The van der Waals surface area contributed by atoms with Crippen LogP contribution in [0.4, 0.5) is 5.82 Å². The highest BCUT2D eigenvalue weighted by molar-refractivity contribution is 9.10. The lowest BCUT2D eigenvalue weighted by Gasteiger charge is -1.94. The van der Waals surface area contributed by atoms with E-state index in [1.807, 2.05) is 17.5 Å². The van der Waals surface area contributed by atoms with Gasteiger partial charge in [0.25, 0.3) is 0 Å². The molecule has 3 nitrogen and oxygen atoms in total. The van der Waals surface area contributed by atoms with E-state index in [1.54, 1.807) is 6.20 Å². The average Bonchev–Trinajstić information content (AvgIpc) is 2.52. The molecule has 0 spiro atoms. The standard InChI is InChI=1S/C8H6BrN3S/c9-6-3-5(1-2-11-6)8-12-7(10)4-13-8/h1-4H,10H2. The number of rotatable bonds is 1. The fourth-order valence-corrected chi connectivity index (χ4v) is 2.03. The third kappa shape index (κ3) is 1.87. The van der Waals surface area contributed by atoms with Gasteiger partial charge < -0.3 is 5.73 Å². The minimum Gasteiger partial charge on any atom is -0.383 e. The van der Waals surface area contributed by atoms with E-state index in [2.05, 4.69) is 25.9 Å². The number of nitrogens with zero attached hydrogens (tertiary/aromatic N) is 2. The first-order valence-electron chi connectivity index (χ1n) is 3.58. The minimum atomic E-state index is 0.563. The molecule has 2 aromatic heterocycles. The molecule has 13 heavy (non-hydrogen) atoms. The summed E-state index contributed by atoms with van der Waals surface area (Å²) in [7, 11) is 0. The molecule has 0 aliphatic rings. The lowest BCUT2D eigenvalue weighted by Crippen LogP contribution is -1.84. The van der Waals surface area contributed by atoms with Gasteiger partial charge in [-0.05, 0) is 28.1 Å². The first-order chi connectivity index (χ1) is 6.25. The number of thiazole rings is 1. The summed E-state index contributed by atoms with van der Waals surface area (Å²) in [5.41, 5.74) is 6.56. The molecule has 0 atom stereocenters. The number of anilines is 1. The lowest BCUT2D eigenvalue weighted by atomic mass is 10.3. The maximum atomic E-state index is 5.53. The molecule has 2 rings (SSSR count). The van der Waals surface area contributed by atoms with Gasteiger partial charge in [-0.3, -0.25) is 0 Å². The zero-order chi connectivity index (χ0) is 9.26. The molecule has 2 heterocycles. The van der Waals surface area contributed by atoms with Gasteiger partial charge in [-0.25, -0.2) is 9.97 Å². The third-order valence-corrected chi connectivity index (χ3v) is 2.84. The highest BCUT2D eigenvalue weighted by Crippen LogP contribution is 2.25. The summed E-state index contributed by atoms with van der Waals surface area (Å²) in [6.07, 6.45) is 1.73. The van der Waals surface area contributed by atoms with Gasteiger partial charge in [-0.2, -0.15) is 0 Å². The second-order valence-corrected chi connectivity index (χ2v) is 4.12. The molecule has 2 aromatic rings. The number of hydrogen-bond donors (Lipinski definition) is 1. The van der Waals surface area contributed by atoms with E-state index < -0.39 is 0 Å². The molecular formula is C8H6BrN3S. The SMILES string of the molecule is Nc1csc(-c2ccnc(Br)c2)n1. The molecule has 0 fully saturated rings. The predicted molar refractivity (Wildman–Crippen MR) is 57.5 cm³/mol. The summed E-state index contributed by atoms with van der Waals surface area (Å²) in [5, 5.41) is 2.74. The molecule has 0 bridgehead atoms. The van der Waals surface area contributed by atoms with Crippen LogP contribution in [0, 0.1) is 0 Å². The molecule has 0 amide bonds. The van der Waals surface area contributed by atoms with Crippen molar-refractivity contribution in [1.82, 2.24) is 9.97 Å². The zero-order valence-electron chi connectivity index (χ0n) is 6.57. The molecule has 5 heteroatoms. The lowest BCUT2D eigenvalue weighted by molar-refractivity contribution is 1.27. The Balaban J connectivity index is 2.46. The average molecular weight is 256 g/mol. The van der Waals surface area contributed by atoms with E-state index in [1.165, 1.54) is 11.3 Å². The van der Waals surface area contributed by atoms with E-state index in [0.29, 0.717) is 5.82 Å². The Bertz CT molecular complexity index is 427. The monoisotopic (exact) mass is 255 g/mol. The maximum absolute atomic E-state index is 5.53. The number of hydrogen-bond acceptors (Lipinski definition) is 4. The first-order valence-corrected chi connectivity index (χ1v) is 5.26. The zero-order valence-corrected chi connectivity index (χ0v) is 8.97. The Labute approximate surface area is 87.8 Å². The summed E-state index contributed by atoms with van der Waals surface area (Å²) >= 11 is 4.83. The molecule has 0 unspecified atom stereocenters. The second kappa shape index (κ2) is 3.43. The topological polar surface area (TPSA) is 51.8 Å². The Kier molecular flexibility index (Phi) is 2.28. The summed E-state index contributed by atoms with van der Waals surface area (Å²) in [5.74, 6) is 0.563. The van der Waals surface area contributed by atoms with Gasteiger partial charge in [-0.1, -0.05) is 0 Å². The number of aromatic nitrogens is 2. The van der Waals surface area contributed by atoms with Gasteiger partial charge in [0.15, 0.2) is 0 Å². The highest BCUT2D eigenvalue weighted by Gasteiger charge is 2.02. The van der Waals surface area contributed by atoms with Gasteiger partial charge in [-0.15, -0.1) is 11.3 Å². The van der Waals surface area contributed by atoms with Crippen LogP contribution in [-0.4, -0.2) is 9.97 Å². The van der Waals surface area contributed by atoms with Crippen LogP contribution in [-0.2, 0) is 0 Å². The smallest absolute Gasteiger partial charge is 0.135 e. The van der Waals surface area contributed by atoms with Crippen molar-refractivity contribution in [3.05, 3.63) is 28.3 Å². The molecule has 0 radical (unpaired) electrons. The largest absolute Gasteiger partial charge is 0.383 e. The summed E-state index contributed by atoms with van der Waals surface area (Å²) in [6, 6.07) is 3.82. The van der Waals surface area contributed by atoms with Crippen LogP contribution < -0.4 is 5.73 Å². The number of nitrogen functional groups attached to an aromatic ring is 1. The van der Waals surface area contributed by atoms with Gasteiger partial charge in [0.2, 0.25) is 0 Å². The van der Waals surface area contributed by atoms with E-state index >= 15 is 0 Å². The van der Waals surface area contributed by atoms with E-state index in [9.17, 15) is 0 Å². The Morgan fingerprint density at radius 1 is 1.46 bits per heavy atom. The van der Waals surface area contributed by atoms with Crippen molar-refractivity contribution in [2.75, 3.05) is 5.73 Å². The predicted octanol–water partition coefficient (Wildman–Crippen LogP) is 2.55. The summed E-state index contributed by atoms with van der Waals surface area (Å²) < 4.78 is 0.804. The normalized spacial score (nSPS) is 10.2. The minimum absolute atomic E-state index is 0.563. The number of pyridine rings is 1. The van der Waals surface area contributed by atoms with Gasteiger partial charge >= 0.3 is 0 Å². The van der Waals surface area contributed by atoms with Crippen molar-refractivity contribution in [1.29, 1.82) is 0 Å². The van der Waals surface area contributed by atoms with Crippen LogP contribution >= 0.6 is 27.3 Å². The van der Waals surface area contributed by atoms with Crippen LogP contribution in [0.15, 0.2) is 28.3 Å². The molecule has 0 aromatic carbocycles. The van der Waals surface area contributed by atoms with E-state index in [0.717, 1.165) is 15.2 Å². The Hall–Kier alpha value is -0.940.